The molecular weight excluding hydrogens is 208 g/mol. The van der Waals surface area contributed by atoms with Gasteiger partial charge in [0.15, 0.2) is 5.69 Å². The number of nitrogens with one attached hydrogen (secondary N) is 2. The largest absolute Gasteiger partial charge is 0.330 e. The average molecular weight is 218 g/mol. The van der Waals surface area contributed by atoms with E-state index in [1.807, 2.05) is 29.8 Å². The van der Waals surface area contributed by atoms with E-state index < -0.39 is 0 Å². The van der Waals surface area contributed by atoms with Crippen LogP contribution in [-0.4, -0.2) is 5.84 Å². The van der Waals surface area contributed by atoms with Crippen LogP contribution in [0.15, 0.2) is 41.0 Å². The van der Waals surface area contributed by atoms with Gasteiger partial charge in [0, 0.05) is 6.08 Å². The number of H-pyrrole nitrogens is 1. The first kappa shape index (κ1) is 8.58. The lowest BCUT2D eigenvalue weighted by Gasteiger charge is -2.10. The summed E-state index contributed by atoms with van der Waals surface area (Å²) in [5, 5.41) is 2.73. The summed E-state index contributed by atoms with van der Waals surface area (Å²) in [7, 11) is 0. The molecule has 0 radical (unpaired) electrons. The van der Waals surface area contributed by atoms with E-state index in [-0.39, 0.29) is 0 Å². The van der Waals surface area contributed by atoms with Crippen LogP contribution in [0.25, 0.3) is 5.70 Å². The van der Waals surface area contributed by atoms with Crippen LogP contribution in [-0.2, 0) is 0 Å². The fraction of sp³-hybridized carbons (Fsp3) is 0. The number of nitrogens with zero attached hydrogens (tertiary/aromatic N) is 1. The highest BCUT2D eigenvalue weighted by atomic mass is 32.1. The van der Waals surface area contributed by atoms with Gasteiger partial charge in [-0.3, -0.25) is 5.73 Å². The van der Waals surface area contributed by atoms with Crippen LogP contribution in [0.4, 0.5) is 5.13 Å². The summed E-state index contributed by atoms with van der Waals surface area (Å²) in [5.74, 6) is 1.02. The van der Waals surface area contributed by atoms with Crippen molar-refractivity contribution in [2.45, 2.75) is 0 Å². The van der Waals surface area contributed by atoms with E-state index in [1.165, 1.54) is 11.3 Å². The second-order valence-electron chi connectivity index (χ2n) is 3.33. The molecule has 0 amide bonds. The molecule has 0 aromatic carbocycles. The predicted octanol–water partition coefficient (Wildman–Crippen LogP) is -0.177. The highest BCUT2D eigenvalue weighted by molar-refractivity contribution is 7.13. The molecule has 1 atom stereocenters. The van der Waals surface area contributed by atoms with Crippen molar-refractivity contribution in [3.05, 3.63) is 41.7 Å². The molecule has 2 aliphatic rings. The number of hydrogen-bond donors (Lipinski definition) is 2. The molecule has 3 rings (SSSR count). The molecule has 0 saturated heterocycles. The second-order valence-corrected chi connectivity index (χ2v) is 4.24. The van der Waals surface area contributed by atoms with Crippen molar-refractivity contribution in [2.24, 2.45) is 4.99 Å². The van der Waals surface area contributed by atoms with Gasteiger partial charge in [-0.2, -0.15) is 4.99 Å². The van der Waals surface area contributed by atoms with E-state index in [2.05, 4.69) is 16.2 Å². The Hall–Kier alpha value is -1.72. The monoisotopic (exact) mass is 218 g/mol. The number of amidine groups is 1. The van der Waals surface area contributed by atoms with Crippen molar-refractivity contribution in [1.82, 2.24) is 0 Å². The topological polar surface area (TPSA) is 57.0 Å². The molecule has 15 heavy (non-hydrogen) atoms. The fourth-order valence-corrected chi connectivity index (χ4v) is 2.28. The summed E-state index contributed by atoms with van der Waals surface area (Å²) in [5.41, 5.74) is 7.81. The van der Waals surface area contributed by atoms with Gasteiger partial charge in [-0.1, -0.05) is 11.3 Å². The molecular formula is C10H10N4S+2. The van der Waals surface area contributed by atoms with Gasteiger partial charge in [-0.05, 0) is 12.2 Å². The molecule has 5 heteroatoms. The Morgan fingerprint density at radius 3 is 3.13 bits per heavy atom. The maximum absolute atomic E-state index is 5.67. The normalized spacial score (nSPS) is 22.5. The number of nitrogen functional groups attached to an aromatic ring is 1. The summed E-state index contributed by atoms with van der Waals surface area (Å²) < 4.78 is 0. The highest BCUT2D eigenvalue weighted by Gasteiger charge is 2.29. The Morgan fingerprint density at radius 1 is 1.40 bits per heavy atom. The molecule has 1 aromatic rings. The Balaban J connectivity index is 1.98. The maximum atomic E-state index is 5.67. The minimum Gasteiger partial charge on any atom is -0.278 e. The van der Waals surface area contributed by atoms with Crippen molar-refractivity contribution in [2.75, 3.05) is 5.73 Å². The van der Waals surface area contributed by atoms with Gasteiger partial charge < -0.3 is 0 Å². The van der Waals surface area contributed by atoms with Crippen molar-refractivity contribution in [1.29, 1.82) is 0 Å². The lowest BCUT2D eigenvalue weighted by Crippen LogP contribution is -3.06. The average Bonchev–Trinajstić information content (AvgIpc) is 2.83. The quantitative estimate of drug-likeness (QED) is 0.675. The van der Waals surface area contributed by atoms with Crippen LogP contribution in [0.5, 0.6) is 0 Å². The number of nitrogens with two attached hydrogens (primary N) is 1. The molecule has 0 fully saturated rings. The molecule has 74 valence electrons. The molecule has 0 bridgehead atoms. The van der Waals surface area contributed by atoms with Crippen molar-refractivity contribution < 1.29 is 9.88 Å². The SMILES string of the molecule is Nc1[nH+]c(C2=CN=C3C=CC=C[NH+]23)cs1. The number of anilines is 1. The Kier molecular flexibility index (Phi) is 1.80. The molecule has 3 heterocycles. The zero-order chi connectivity index (χ0) is 10.3. The first-order chi connectivity index (χ1) is 7.34. The van der Waals surface area contributed by atoms with Crippen LogP contribution >= 0.6 is 11.3 Å². The number of allylic oxidation sites excluding steroid dienone is 2. The third-order valence-electron chi connectivity index (χ3n) is 2.38. The first-order valence-electron chi connectivity index (χ1n) is 4.62. The van der Waals surface area contributed by atoms with E-state index in [4.69, 9.17) is 5.73 Å². The van der Waals surface area contributed by atoms with Gasteiger partial charge in [-0.25, -0.2) is 9.88 Å². The zero-order valence-corrected chi connectivity index (χ0v) is 8.71. The summed E-state index contributed by atoms with van der Waals surface area (Å²) in [6, 6.07) is 0. The van der Waals surface area contributed by atoms with E-state index in [0.29, 0.717) is 0 Å². The van der Waals surface area contributed by atoms with Crippen molar-refractivity contribution in [3.63, 3.8) is 0 Å². The molecule has 0 spiro atoms. The lowest BCUT2D eigenvalue weighted by atomic mass is 10.3. The summed E-state index contributed by atoms with van der Waals surface area (Å²) in [6.07, 6.45) is 9.96. The number of quaternary nitrogens is 1. The van der Waals surface area contributed by atoms with Crippen molar-refractivity contribution >= 4 is 28.0 Å². The van der Waals surface area contributed by atoms with Gasteiger partial charge in [-0.15, -0.1) is 0 Å². The summed E-state index contributed by atoms with van der Waals surface area (Å²) in [4.78, 5) is 8.63. The Labute approximate surface area is 90.8 Å². The minimum absolute atomic E-state index is 0.718. The number of aromatic nitrogens is 1. The third-order valence-corrected chi connectivity index (χ3v) is 3.09. The van der Waals surface area contributed by atoms with E-state index >= 15 is 0 Å². The van der Waals surface area contributed by atoms with E-state index in [0.717, 1.165) is 27.3 Å². The first-order valence-corrected chi connectivity index (χ1v) is 5.49. The number of fused-ring (bicyclic) bond motifs is 1. The number of aromatic amines is 1. The zero-order valence-electron chi connectivity index (χ0n) is 7.90. The smallest absolute Gasteiger partial charge is 0.278 e. The van der Waals surface area contributed by atoms with Gasteiger partial charge in [0.2, 0.25) is 11.5 Å². The maximum Gasteiger partial charge on any atom is 0.330 e. The second kappa shape index (κ2) is 3.15. The molecule has 0 saturated carbocycles. The lowest BCUT2D eigenvalue weighted by molar-refractivity contribution is -0.659. The van der Waals surface area contributed by atoms with Crippen molar-refractivity contribution in [3.8, 4) is 0 Å². The van der Waals surface area contributed by atoms with E-state index in [1.54, 1.807) is 0 Å². The fourth-order valence-electron chi connectivity index (χ4n) is 1.68. The summed E-state index contributed by atoms with van der Waals surface area (Å²) >= 11 is 1.51. The number of hydrogen-bond acceptors (Lipinski definition) is 3. The highest BCUT2D eigenvalue weighted by Crippen LogP contribution is 2.13. The van der Waals surface area contributed by atoms with Gasteiger partial charge in [0.25, 0.3) is 0 Å². The summed E-state index contributed by atoms with van der Waals surface area (Å²) in [6.45, 7) is 0. The third kappa shape index (κ3) is 1.33. The predicted molar refractivity (Wildman–Crippen MR) is 59.9 cm³/mol. The van der Waals surface area contributed by atoms with E-state index in [9.17, 15) is 0 Å². The molecule has 4 nitrogen and oxygen atoms in total. The standard InChI is InChI=1S/C10H8N4S/c11-10-13-7(6-15-10)8-5-12-9-3-1-2-4-14(8)9/h1-6H,(H2,11,13)/p+2. The number of aliphatic imine (C=N–C) groups is 1. The molecule has 4 N–H and O–H groups in total. The Bertz CT molecular complexity index is 521. The molecule has 0 aliphatic carbocycles. The number of thiazole rings is 1. The molecule has 1 unspecified atom stereocenters. The van der Waals surface area contributed by atoms with Gasteiger partial charge in [0.05, 0.1) is 11.6 Å². The van der Waals surface area contributed by atoms with Crippen LogP contribution in [0.1, 0.15) is 5.69 Å². The van der Waals surface area contributed by atoms with Crippen LogP contribution in [0.3, 0.4) is 0 Å². The molecule has 1 aromatic heterocycles. The Morgan fingerprint density at radius 2 is 2.33 bits per heavy atom. The van der Waals surface area contributed by atoms with Gasteiger partial charge in [0.1, 0.15) is 6.20 Å². The number of rotatable bonds is 1. The van der Waals surface area contributed by atoms with Crippen LogP contribution in [0, 0.1) is 0 Å². The van der Waals surface area contributed by atoms with Crippen LogP contribution in [0.2, 0.25) is 0 Å². The minimum atomic E-state index is 0.718. The van der Waals surface area contributed by atoms with Gasteiger partial charge >= 0.3 is 5.13 Å². The molecule has 2 aliphatic heterocycles. The van der Waals surface area contributed by atoms with Crippen LogP contribution < -0.4 is 15.6 Å².